The minimum Gasteiger partial charge on any atom is -0.420 e. The van der Waals surface area contributed by atoms with Gasteiger partial charge < -0.3 is 14.8 Å². The highest BCUT2D eigenvalue weighted by Gasteiger charge is 2.35. The van der Waals surface area contributed by atoms with Crippen LogP contribution in [0.4, 0.5) is 5.82 Å². The molecule has 1 aliphatic heterocycles. The van der Waals surface area contributed by atoms with Gasteiger partial charge in [0.2, 0.25) is 15.9 Å². The van der Waals surface area contributed by atoms with Crippen LogP contribution in [0.3, 0.4) is 0 Å². The van der Waals surface area contributed by atoms with Gasteiger partial charge in [0.05, 0.1) is 17.0 Å². The molecule has 0 unspecified atom stereocenters. The molecule has 4 heterocycles. The number of nitrogens with one attached hydrogen (secondary N) is 1. The number of benzene rings is 1. The molecule has 0 aliphatic carbocycles. The molecule has 1 fully saturated rings. The molecule has 3 aromatic heterocycles. The SMILES string of the molecule is Cc1cnc(N[C@@H]2CCN(S(=O)(=O)c3ccc(-c4ccnc(-c5nnc(C)o5)c4)cc3)C[C@@H]2O)c(C)c1. The number of β-amino-alcohol motifs (C(OH)–C–C–N with tert-alkyl or cyclic N) is 1. The highest BCUT2D eigenvalue weighted by Crippen LogP contribution is 2.28. The lowest BCUT2D eigenvalue weighted by atomic mass is 10.0. The van der Waals surface area contributed by atoms with Gasteiger partial charge in [-0.05, 0) is 66.8 Å². The fraction of sp³-hybridized carbons (Fsp3) is 0.308. The zero-order chi connectivity index (χ0) is 26.2. The largest absolute Gasteiger partial charge is 0.420 e. The summed E-state index contributed by atoms with van der Waals surface area (Å²) in [7, 11) is -3.77. The summed E-state index contributed by atoms with van der Waals surface area (Å²) in [4.78, 5) is 8.87. The van der Waals surface area contributed by atoms with E-state index in [9.17, 15) is 13.5 Å². The van der Waals surface area contributed by atoms with E-state index in [1.54, 1.807) is 43.6 Å². The lowest BCUT2D eigenvalue weighted by Crippen LogP contribution is -2.51. The van der Waals surface area contributed by atoms with Crippen molar-refractivity contribution in [1.29, 1.82) is 0 Å². The van der Waals surface area contributed by atoms with Gasteiger partial charge in [-0.3, -0.25) is 4.98 Å². The summed E-state index contributed by atoms with van der Waals surface area (Å²) < 4.78 is 33.4. The Morgan fingerprint density at radius 3 is 2.49 bits per heavy atom. The fourth-order valence-corrected chi connectivity index (χ4v) is 5.90. The number of aliphatic hydroxyl groups excluding tert-OH is 1. The molecule has 0 saturated carbocycles. The van der Waals surface area contributed by atoms with E-state index < -0.39 is 16.1 Å². The van der Waals surface area contributed by atoms with Crippen LogP contribution in [0, 0.1) is 20.8 Å². The molecular formula is C26H28N6O4S. The maximum Gasteiger partial charge on any atom is 0.266 e. The molecule has 0 amide bonds. The van der Waals surface area contributed by atoms with Crippen molar-refractivity contribution in [2.75, 3.05) is 18.4 Å². The van der Waals surface area contributed by atoms with Crippen LogP contribution in [-0.4, -0.2) is 63.2 Å². The van der Waals surface area contributed by atoms with Crippen LogP contribution in [0.15, 0.2) is 64.2 Å². The Bertz CT molecular complexity index is 1520. The number of anilines is 1. The van der Waals surface area contributed by atoms with Crippen LogP contribution in [0.1, 0.15) is 23.4 Å². The summed E-state index contributed by atoms with van der Waals surface area (Å²) in [5.74, 6) is 1.47. The third kappa shape index (κ3) is 5.24. The Kier molecular flexibility index (Phi) is 6.76. The first-order valence-electron chi connectivity index (χ1n) is 12.0. The molecule has 1 aromatic carbocycles. The van der Waals surface area contributed by atoms with Gasteiger partial charge >= 0.3 is 0 Å². The maximum absolute atomic E-state index is 13.3. The summed E-state index contributed by atoms with van der Waals surface area (Å²) in [6, 6.07) is 12.0. The van der Waals surface area contributed by atoms with Crippen molar-refractivity contribution in [1.82, 2.24) is 24.5 Å². The van der Waals surface area contributed by atoms with Crippen molar-refractivity contribution in [2.45, 2.75) is 44.2 Å². The maximum atomic E-state index is 13.3. The minimum atomic E-state index is -3.77. The molecule has 1 saturated heterocycles. The summed E-state index contributed by atoms with van der Waals surface area (Å²) >= 11 is 0. The third-order valence-electron chi connectivity index (χ3n) is 6.41. The number of hydrogen-bond acceptors (Lipinski definition) is 9. The zero-order valence-electron chi connectivity index (χ0n) is 20.8. The van der Waals surface area contributed by atoms with E-state index in [2.05, 4.69) is 25.5 Å². The molecule has 2 N–H and O–H groups in total. The average molecular weight is 521 g/mol. The highest BCUT2D eigenvalue weighted by atomic mass is 32.2. The first-order chi connectivity index (χ1) is 17.7. The molecule has 0 spiro atoms. The topological polar surface area (TPSA) is 134 Å². The second-order valence-electron chi connectivity index (χ2n) is 9.23. The molecule has 192 valence electrons. The van der Waals surface area contributed by atoms with E-state index in [1.165, 1.54) is 4.31 Å². The normalized spacial score (nSPS) is 18.6. The van der Waals surface area contributed by atoms with Gasteiger partial charge in [-0.1, -0.05) is 18.2 Å². The van der Waals surface area contributed by atoms with Crippen molar-refractivity contribution in [3.05, 3.63) is 71.9 Å². The van der Waals surface area contributed by atoms with E-state index in [0.29, 0.717) is 36.3 Å². The monoisotopic (exact) mass is 520 g/mol. The van der Waals surface area contributed by atoms with E-state index in [4.69, 9.17) is 4.42 Å². The van der Waals surface area contributed by atoms with E-state index in [0.717, 1.165) is 22.3 Å². The first kappa shape index (κ1) is 25.0. The average Bonchev–Trinajstić information content (AvgIpc) is 3.33. The fourth-order valence-electron chi connectivity index (χ4n) is 4.43. The van der Waals surface area contributed by atoms with Crippen LogP contribution in [0.25, 0.3) is 22.7 Å². The second-order valence-corrected chi connectivity index (χ2v) is 11.2. The first-order valence-corrected chi connectivity index (χ1v) is 13.4. The molecule has 37 heavy (non-hydrogen) atoms. The number of aryl methyl sites for hydroxylation is 3. The van der Waals surface area contributed by atoms with E-state index in [-0.39, 0.29) is 17.5 Å². The second kappa shape index (κ2) is 10.0. The molecule has 0 bridgehead atoms. The molecule has 1 aliphatic rings. The molecule has 2 atom stereocenters. The van der Waals surface area contributed by atoms with Crippen molar-refractivity contribution in [2.24, 2.45) is 0 Å². The van der Waals surface area contributed by atoms with Gasteiger partial charge in [-0.15, -0.1) is 10.2 Å². The van der Waals surface area contributed by atoms with Gasteiger partial charge in [-0.25, -0.2) is 13.4 Å². The standard InChI is InChI=1S/C26H28N6O4S/c1-16-12-17(2)25(28-14-16)29-22-9-11-32(15-24(22)33)37(34,35)21-6-4-19(5-7-21)20-8-10-27-23(13-20)26-31-30-18(3)36-26/h4-8,10,12-14,22,24,33H,9,11,15H2,1-3H3,(H,28,29)/t22-,24+/m1/s1. The Labute approximate surface area is 215 Å². The van der Waals surface area contributed by atoms with Crippen LogP contribution in [0.5, 0.6) is 0 Å². The zero-order valence-corrected chi connectivity index (χ0v) is 21.6. The van der Waals surface area contributed by atoms with Crippen molar-refractivity contribution < 1.29 is 17.9 Å². The number of nitrogens with zero attached hydrogens (tertiary/aromatic N) is 5. The van der Waals surface area contributed by atoms with Crippen molar-refractivity contribution >= 4 is 15.8 Å². The van der Waals surface area contributed by atoms with Crippen LogP contribution in [0.2, 0.25) is 0 Å². The Morgan fingerprint density at radius 2 is 1.81 bits per heavy atom. The predicted octanol–water partition coefficient (Wildman–Crippen LogP) is 3.35. The summed E-state index contributed by atoms with van der Waals surface area (Å²) in [6.45, 7) is 5.93. The number of aliphatic hydroxyl groups is 1. The quantitative estimate of drug-likeness (QED) is 0.392. The number of hydrogen-bond donors (Lipinski definition) is 2. The minimum absolute atomic E-state index is 0.00394. The Balaban J connectivity index is 1.28. The van der Waals surface area contributed by atoms with Gasteiger partial charge in [-0.2, -0.15) is 4.31 Å². The molecule has 4 aromatic rings. The highest BCUT2D eigenvalue weighted by molar-refractivity contribution is 7.89. The lowest BCUT2D eigenvalue weighted by Gasteiger charge is -2.36. The predicted molar refractivity (Wildman–Crippen MR) is 138 cm³/mol. The summed E-state index contributed by atoms with van der Waals surface area (Å²) in [6.07, 6.45) is 3.00. The van der Waals surface area contributed by atoms with Crippen molar-refractivity contribution in [3.8, 4) is 22.7 Å². The Morgan fingerprint density at radius 1 is 1.03 bits per heavy atom. The number of sulfonamides is 1. The summed E-state index contributed by atoms with van der Waals surface area (Å²) in [5.41, 5.74) is 4.24. The summed E-state index contributed by atoms with van der Waals surface area (Å²) in [5, 5.41) is 21.9. The van der Waals surface area contributed by atoms with Gasteiger partial charge in [0, 0.05) is 32.4 Å². The number of rotatable bonds is 6. The molecule has 0 radical (unpaired) electrons. The number of piperidine rings is 1. The van der Waals surface area contributed by atoms with Crippen LogP contribution < -0.4 is 5.32 Å². The molecule has 10 nitrogen and oxygen atoms in total. The number of pyridine rings is 2. The van der Waals surface area contributed by atoms with Crippen LogP contribution >= 0.6 is 0 Å². The molecular weight excluding hydrogens is 492 g/mol. The van der Waals surface area contributed by atoms with Gasteiger partial charge in [0.15, 0.2) is 0 Å². The number of aromatic nitrogens is 4. The third-order valence-corrected chi connectivity index (χ3v) is 8.29. The smallest absolute Gasteiger partial charge is 0.266 e. The van der Waals surface area contributed by atoms with Gasteiger partial charge in [0.25, 0.3) is 5.89 Å². The molecule has 5 rings (SSSR count). The van der Waals surface area contributed by atoms with E-state index >= 15 is 0 Å². The van der Waals surface area contributed by atoms with E-state index in [1.807, 2.05) is 32.0 Å². The molecule has 11 heteroatoms. The van der Waals surface area contributed by atoms with Gasteiger partial charge in [0.1, 0.15) is 11.5 Å². The Hall–Kier alpha value is -3.67. The van der Waals surface area contributed by atoms with Crippen molar-refractivity contribution in [3.63, 3.8) is 0 Å². The lowest BCUT2D eigenvalue weighted by molar-refractivity contribution is 0.0949. The van der Waals surface area contributed by atoms with Crippen LogP contribution in [-0.2, 0) is 10.0 Å².